The Balaban J connectivity index is 2.03. The molecule has 1 heterocycles. The van der Waals surface area contributed by atoms with Gasteiger partial charge in [-0.1, -0.05) is 37.3 Å². The topological polar surface area (TPSA) is 20.3 Å². The van der Waals surface area contributed by atoms with Gasteiger partial charge in [-0.05, 0) is 12.0 Å². The van der Waals surface area contributed by atoms with Crippen LogP contribution in [0.2, 0.25) is 0 Å². The first-order chi connectivity index (χ1) is 6.70. The second kappa shape index (κ2) is 3.45. The second-order valence-electron chi connectivity index (χ2n) is 3.99. The lowest BCUT2D eigenvalue weighted by atomic mass is 9.85. The molecule has 1 aliphatic rings. The molecule has 0 bridgehead atoms. The fourth-order valence-electron chi connectivity index (χ4n) is 2.07. The lowest BCUT2D eigenvalue weighted by Gasteiger charge is -2.43. The number of hydrogen-bond donors (Lipinski definition) is 0. The highest BCUT2D eigenvalue weighted by Crippen LogP contribution is 2.26. The third kappa shape index (κ3) is 1.41. The number of nitrogens with zero attached hydrogens (tertiary/aromatic N) is 1. The quantitative estimate of drug-likeness (QED) is 0.648. The van der Waals surface area contributed by atoms with Gasteiger partial charge in [-0.2, -0.15) is 0 Å². The van der Waals surface area contributed by atoms with Gasteiger partial charge in [0.05, 0.1) is 5.92 Å². The molecule has 1 aliphatic heterocycles. The summed E-state index contributed by atoms with van der Waals surface area (Å²) in [5.74, 6) is 0.464. The first-order valence-electron chi connectivity index (χ1n) is 5.00. The smallest absolute Gasteiger partial charge is 0.227 e. The van der Waals surface area contributed by atoms with Crippen LogP contribution in [-0.4, -0.2) is 23.9 Å². The van der Waals surface area contributed by atoms with Crippen LogP contribution in [0.1, 0.15) is 12.5 Å². The molecule has 1 aromatic rings. The average molecular weight is 189 g/mol. The van der Waals surface area contributed by atoms with E-state index >= 15 is 0 Å². The highest BCUT2D eigenvalue weighted by atomic mass is 16.2. The van der Waals surface area contributed by atoms with Crippen LogP contribution in [0.25, 0.3) is 0 Å². The van der Waals surface area contributed by atoms with Crippen LogP contribution < -0.4 is 0 Å². The molecule has 2 unspecified atom stereocenters. The lowest BCUT2D eigenvalue weighted by Crippen LogP contribution is -2.58. The van der Waals surface area contributed by atoms with Gasteiger partial charge in [0, 0.05) is 13.1 Å². The number of rotatable bonds is 2. The maximum absolute atomic E-state index is 11.3. The van der Waals surface area contributed by atoms with E-state index in [1.165, 1.54) is 5.56 Å². The Morgan fingerprint density at radius 3 is 2.50 bits per heavy atom. The third-order valence-electron chi connectivity index (χ3n) is 3.10. The molecule has 0 N–H and O–H groups in total. The van der Waals surface area contributed by atoms with E-state index in [1.807, 2.05) is 37.1 Å². The summed E-state index contributed by atoms with van der Waals surface area (Å²) >= 11 is 0. The molecular formula is C12H15NO. The van der Waals surface area contributed by atoms with E-state index in [0.29, 0.717) is 6.04 Å². The van der Waals surface area contributed by atoms with Gasteiger partial charge in [0.15, 0.2) is 0 Å². The molecule has 1 amide bonds. The minimum Gasteiger partial charge on any atom is -0.341 e. The fraction of sp³-hybridized carbons (Fsp3) is 0.417. The van der Waals surface area contributed by atoms with Gasteiger partial charge in [0.25, 0.3) is 0 Å². The summed E-state index contributed by atoms with van der Waals surface area (Å²) in [6.07, 6.45) is 0.976. The van der Waals surface area contributed by atoms with Crippen molar-refractivity contribution >= 4 is 5.91 Å². The van der Waals surface area contributed by atoms with E-state index in [9.17, 15) is 4.79 Å². The number of β-lactam (4-membered cyclic amide) rings is 1. The summed E-state index contributed by atoms with van der Waals surface area (Å²) in [6.45, 7) is 2.01. The summed E-state index contributed by atoms with van der Waals surface area (Å²) in [5, 5.41) is 0. The van der Waals surface area contributed by atoms with Crippen molar-refractivity contribution in [3.8, 4) is 0 Å². The maximum atomic E-state index is 11.3. The second-order valence-corrected chi connectivity index (χ2v) is 3.99. The highest BCUT2D eigenvalue weighted by molar-refractivity contribution is 5.85. The maximum Gasteiger partial charge on any atom is 0.227 e. The van der Waals surface area contributed by atoms with E-state index < -0.39 is 0 Å². The Kier molecular flexibility index (Phi) is 2.28. The van der Waals surface area contributed by atoms with Gasteiger partial charge < -0.3 is 4.90 Å². The normalized spacial score (nSPS) is 26.1. The molecule has 0 aliphatic carbocycles. The van der Waals surface area contributed by atoms with Crippen molar-refractivity contribution in [3.63, 3.8) is 0 Å². The molecule has 2 nitrogen and oxygen atoms in total. The molecule has 14 heavy (non-hydrogen) atoms. The molecule has 0 radical (unpaired) electrons. The van der Waals surface area contributed by atoms with Crippen LogP contribution in [-0.2, 0) is 11.2 Å². The van der Waals surface area contributed by atoms with Crippen molar-refractivity contribution in [2.75, 3.05) is 7.05 Å². The standard InChI is InChI=1S/C12H15NO/c1-9-11(13(2)12(9)14)8-10-6-4-3-5-7-10/h3-7,9,11H,8H2,1-2H3. The zero-order valence-electron chi connectivity index (χ0n) is 8.60. The van der Waals surface area contributed by atoms with Crippen molar-refractivity contribution in [1.82, 2.24) is 4.90 Å². The Labute approximate surface area is 84.5 Å². The van der Waals surface area contributed by atoms with E-state index in [1.54, 1.807) is 0 Å². The molecule has 2 heteroatoms. The number of carbonyl (C=O) groups excluding carboxylic acids is 1. The van der Waals surface area contributed by atoms with Gasteiger partial charge >= 0.3 is 0 Å². The van der Waals surface area contributed by atoms with E-state index in [2.05, 4.69) is 12.1 Å². The van der Waals surface area contributed by atoms with Crippen molar-refractivity contribution in [1.29, 1.82) is 0 Å². The Hall–Kier alpha value is -1.31. The summed E-state index contributed by atoms with van der Waals surface area (Å²) < 4.78 is 0. The van der Waals surface area contributed by atoms with Gasteiger partial charge in [0.1, 0.15) is 0 Å². The molecule has 2 rings (SSSR count). The van der Waals surface area contributed by atoms with Gasteiger partial charge in [-0.15, -0.1) is 0 Å². The zero-order chi connectivity index (χ0) is 10.1. The molecule has 0 spiro atoms. The molecule has 0 aromatic heterocycles. The molecular weight excluding hydrogens is 174 g/mol. The Morgan fingerprint density at radius 1 is 1.29 bits per heavy atom. The molecule has 0 saturated carbocycles. The van der Waals surface area contributed by atoms with Crippen molar-refractivity contribution < 1.29 is 4.79 Å². The van der Waals surface area contributed by atoms with Crippen LogP contribution >= 0.6 is 0 Å². The predicted molar refractivity (Wildman–Crippen MR) is 55.9 cm³/mol. The van der Waals surface area contributed by atoms with Crippen LogP contribution in [0.3, 0.4) is 0 Å². The van der Waals surface area contributed by atoms with Crippen LogP contribution in [0.5, 0.6) is 0 Å². The first-order valence-corrected chi connectivity index (χ1v) is 5.00. The van der Waals surface area contributed by atoms with Gasteiger partial charge in [0.2, 0.25) is 5.91 Å². The number of benzene rings is 1. The fourth-order valence-corrected chi connectivity index (χ4v) is 2.07. The first kappa shape index (κ1) is 9.25. The number of likely N-dealkylation sites (tertiary alicyclic amines) is 1. The van der Waals surface area contributed by atoms with Crippen LogP contribution in [0, 0.1) is 5.92 Å². The molecule has 74 valence electrons. The van der Waals surface area contributed by atoms with Crippen molar-refractivity contribution in [2.24, 2.45) is 5.92 Å². The minimum absolute atomic E-state index is 0.195. The molecule has 1 aromatic carbocycles. The predicted octanol–water partition coefficient (Wildman–Crippen LogP) is 1.71. The van der Waals surface area contributed by atoms with Crippen molar-refractivity contribution in [3.05, 3.63) is 35.9 Å². The summed E-state index contributed by atoms with van der Waals surface area (Å²) in [6, 6.07) is 10.7. The molecule has 1 saturated heterocycles. The Bertz CT molecular complexity index is 321. The number of hydrogen-bond acceptors (Lipinski definition) is 1. The number of amides is 1. The van der Waals surface area contributed by atoms with Gasteiger partial charge in [-0.25, -0.2) is 0 Å². The largest absolute Gasteiger partial charge is 0.341 e. The number of carbonyl (C=O) groups is 1. The van der Waals surface area contributed by atoms with Crippen molar-refractivity contribution in [2.45, 2.75) is 19.4 Å². The van der Waals surface area contributed by atoms with E-state index in [0.717, 1.165) is 6.42 Å². The minimum atomic E-state index is 0.195. The Morgan fingerprint density at radius 2 is 1.93 bits per heavy atom. The van der Waals surface area contributed by atoms with Crippen LogP contribution in [0.4, 0.5) is 0 Å². The average Bonchev–Trinajstić information content (AvgIpc) is 2.26. The number of likely N-dealkylation sites (N-methyl/N-ethyl adjacent to an activating group) is 1. The highest BCUT2D eigenvalue weighted by Gasteiger charge is 2.40. The monoisotopic (exact) mass is 189 g/mol. The lowest BCUT2D eigenvalue weighted by molar-refractivity contribution is -0.151. The van der Waals surface area contributed by atoms with Crippen LogP contribution in [0.15, 0.2) is 30.3 Å². The van der Waals surface area contributed by atoms with E-state index in [4.69, 9.17) is 0 Å². The summed E-state index contributed by atoms with van der Waals surface area (Å²) in [4.78, 5) is 13.1. The van der Waals surface area contributed by atoms with E-state index in [-0.39, 0.29) is 11.8 Å². The SMILES string of the molecule is CC1C(=O)N(C)C1Cc1ccccc1. The zero-order valence-corrected chi connectivity index (χ0v) is 8.60. The van der Waals surface area contributed by atoms with Gasteiger partial charge in [-0.3, -0.25) is 4.79 Å². The summed E-state index contributed by atoms with van der Waals surface area (Å²) in [7, 11) is 1.88. The molecule has 1 fully saturated rings. The molecule has 2 atom stereocenters. The summed E-state index contributed by atoms with van der Waals surface area (Å²) in [5.41, 5.74) is 1.31. The third-order valence-corrected chi connectivity index (χ3v) is 3.10.